The molecule has 2 atom stereocenters. The van der Waals surface area contributed by atoms with Gasteiger partial charge in [-0.15, -0.1) is 0 Å². The Labute approximate surface area is 371 Å². The van der Waals surface area contributed by atoms with Gasteiger partial charge in [0.15, 0.2) is 0 Å². The van der Waals surface area contributed by atoms with E-state index >= 15 is 0 Å². The van der Waals surface area contributed by atoms with Crippen LogP contribution in [-0.2, 0) is 31.1 Å². The molecule has 2 unspecified atom stereocenters. The van der Waals surface area contributed by atoms with E-state index in [0.29, 0.717) is 25.3 Å². The molecule has 0 radical (unpaired) electrons. The van der Waals surface area contributed by atoms with Crippen molar-refractivity contribution in [3.05, 3.63) is 130 Å². The number of hydrogen-bond donors (Lipinski definition) is 2. The molecule has 1 aliphatic heterocycles. The van der Waals surface area contributed by atoms with Gasteiger partial charge in [-0.25, -0.2) is 0 Å². The van der Waals surface area contributed by atoms with Crippen molar-refractivity contribution in [2.45, 2.75) is 148 Å². The van der Waals surface area contributed by atoms with E-state index in [1.165, 1.54) is 81.2 Å². The third-order valence-corrected chi connectivity index (χ3v) is 15.6. The third-order valence-electron chi connectivity index (χ3n) is 14.0. The highest BCUT2D eigenvalue weighted by molar-refractivity contribution is 7.86. The maximum atomic E-state index is 12.1. The molecule has 2 N–H and O–H groups in total. The molecule has 1 heterocycles. The average molecular weight is 878 g/mol. The van der Waals surface area contributed by atoms with Crippen molar-refractivity contribution in [1.82, 2.24) is 0 Å². The van der Waals surface area contributed by atoms with Crippen LogP contribution in [0, 0.1) is 12.3 Å². The summed E-state index contributed by atoms with van der Waals surface area (Å²) in [5.41, 5.74) is 11.3. The Hall–Kier alpha value is -4.02. The van der Waals surface area contributed by atoms with Crippen LogP contribution >= 0.6 is 0 Å². The molecule has 7 nitrogen and oxygen atoms in total. The van der Waals surface area contributed by atoms with Crippen molar-refractivity contribution in [3.63, 3.8) is 0 Å². The first-order chi connectivity index (χ1) is 29.0. The van der Waals surface area contributed by atoms with Gasteiger partial charge in [-0.3, -0.25) is 9.11 Å². The number of unbranched alkanes of at least 4 members (excludes halogenated alkanes) is 3. The highest BCUT2D eigenvalue weighted by atomic mass is 32.2. The lowest BCUT2D eigenvalue weighted by Crippen LogP contribution is -2.40. The zero-order valence-electron chi connectivity index (χ0n) is 38.3. The van der Waals surface area contributed by atoms with Gasteiger partial charge in [-0.1, -0.05) is 153 Å². The number of allylic oxidation sites excluding steroid dienone is 7. The Balaban J connectivity index is 1.30. The molecular weight excluding hydrogens is 811 g/mol. The summed E-state index contributed by atoms with van der Waals surface area (Å²) in [6, 6.07) is 20.2. The van der Waals surface area contributed by atoms with Crippen LogP contribution in [0.1, 0.15) is 141 Å². The van der Waals surface area contributed by atoms with Crippen molar-refractivity contribution >= 4 is 47.5 Å². The third kappa shape index (κ3) is 9.02. The molecular formula is C53H67NO6S2. The van der Waals surface area contributed by atoms with Crippen LogP contribution in [0.3, 0.4) is 0 Å². The second-order valence-electron chi connectivity index (χ2n) is 20.3. The van der Waals surface area contributed by atoms with Crippen LogP contribution in [0.25, 0.3) is 21.5 Å². The molecule has 0 bridgehead atoms. The summed E-state index contributed by atoms with van der Waals surface area (Å²) < 4.78 is 66.7. The fourth-order valence-corrected chi connectivity index (χ4v) is 12.4. The Morgan fingerprint density at radius 3 is 2.19 bits per heavy atom. The summed E-state index contributed by atoms with van der Waals surface area (Å²) in [4.78, 5) is 2.20. The lowest BCUT2D eigenvalue weighted by molar-refractivity contribution is 0.467. The van der Waals surface area contributed by atoms with E-state index in [1.54, 1.807) is 6.07 Å². The van der Waals surface area contributed by atoms with Gasteiger partial charge in [0.05, 0.1) is 16.7 Å². The lowest BCUT2D eigenvalue weighted by Gasteiger charge is -2.34. The summed E-state index contributed by atoms with van der Waals surface area (Å²) in [7, 11) is -8.46. The minimum Gasteiger partial charge on any atom is -0.364 e. The normalized spacial score (nSPS) is 21.6. The molecule has 0 fully saturated rings. The molecule has 4 aromatic rings. The molecule has 0 aromatic heterocycles. The van der Waals surface area contributed by atoms with Crippen molar-refractivity contribution in [2.75, 3.05) is 17.2 Å². The maximum Gasteiger partial charge on any atom is 0.294 e. The van der Waals surface area contributed by atoms with Gasteiger partial charge in [0.2, 0.25) is 0 Å². The van der Waals surface area contributed by atoms with E-state index in [0.717, 1.165) is 47.7 Å². The summed E-state index contributed by atoms with van der Waals surface area (Å²) >= 11 is 0. The number of fused-ring (bicyclic) bond motifs is 6. The highest BCUT2D eigenvalue weighted by Crippen LogP contribution is 2.55. The SMILES string of the molecule is CCCCCC1/C(=C/C=C2\CCCC(/C=C/C3N(CCCCS(=O)(=O)O)c4ccc5cc(S(=O)(=O)O)ccc5c4C3(C)C)=C2C(C)(C)C)C(C)(C)c2c1ccc1cc(C)ccc21. The van der Waals surface area contributed by atoms with Crippen LogP contribution < -0.4 is 4.90 Å². The van der Waals surface area contributed by atoms with Crippen LogP contribution in [0.5, 0.6) is 0 Å². The topological polar surface area (TPSA) is 112 Å². The van der Waals surface area contributed by atoms with Gasteiger partial charge >= 0.3 is 0 Å². The minimum atomic E-state index is -4.38. The van der Waals surface area contributed by atoms with Gasteiger partial charge < -0.3 is 4.90 Å². The number of rotatable bonds is 13. The number of nitrogens with zero attached hydrogens (tertiary/aromatic N) is 1. The molecule has 0 saturated carbocycles. The van der Waals surface area contributed by atoms with E-state index in [9.17, 15) is 25.9 Å². The van der Waals surface area contributed by atoms with Crippen LogP contribution in [0.15, 0.2) is 112 Å². The number of hydrogen-bond acceptors (Lipinski definition) is 5. The van der Waals surface area contributed by atoms with Gasteiger partial charge in [0.25, 0.3) is 20.2 Å². The molecule has 0 spiro atoms. The number of aryl methyl sites for hydroxylation is 1. The van der Waals surface area contributed by atoms with Crippen LogP contribution in [0.4, 0.5) is 5.69 Å². The minimum absolute atomic E-state index is 0.0967. The quantitative estimate of drug-likeness (QED) is 0.102. The molecule has 332 valence electrons. The lowest BCUT2D eigenvalue weighted by atomic mass is 9.72. The summed E-state index contributed by atoms with van der Waals surface area (Å²) in [6.07, 6.45) is 18.3. The number of anilines is 1. The van der Waals surface area contributed by atoms with Gasteiger partial charge in [0.1, 0.15) is 0 Å². The first-order valence-corrected chi connectivity index (χ1v) is 25.7. The second-order valence-corrected chi connectivity index (χ2v) is 23.3. The Morgan fingerprint density at radius 1 is 0.806 bits per heavy atom. The van der Waals surface area contributed by atoms with Crippen molar-refractivity contribution < 1.29 is 25.9 Å². The van der Waals surface area contributed by atoms with E-state index in [1.807, 2.05) is 12.1 Å². The Bertz CT molecular complexity index is 2750. The largest absolute Gasteiger partial charge is 0.364 e. The zero-order valence-corrected chi connectivity index (χ0v) is 39.9. The summed E-state index contributed by atoms with van der Waals surface area (Å²) in [5.74, 6) is 0.0874. The first-order valence-electron chi connectivity index (χ1n) is 22.7. The Morgan fingerprint density at radius 2 is 1.50 bits per heavy atom. The van der Waals surface area contributed by atoms with Gasteiger partial charge in [0, 0.05) is 29.0 Å². The molecule has 0 amide bonds. The van der Waals surface area contributed by atoms with Crippen molar-refractivity contribution in [1.29, 1.82) is 0 Å². The molecule has 62 heavy (non-hydrogen) atoms. The maximum absolute atomic E-state index is 12.1. The summed E-state index contributed by atoms with van der Waals surface area (Å²) in [5, 5.41) is 4.32. The predicted octanol–water partition coefficient (Wildman–Crippen LogP) is 13.3. The fraction of sp³-hybridized carbons (Fsp3) is 0.472. The molecule has 2 aliphatic carbocycles. The average Bonchev–Trinajstić information content (AvgIpc) is 3.54. The summed E-state index contributed by atoms with van der Waals surface area (Å²) in [6.45, 7) is 21.3. The van der Waals surface area contributed by atoms with Gasteiger partial charge in [-0.2, -0.15) is 16.8 Å². The smallest absolute Gasteiger partial charge is 0.294 e. The Kier molecular flexibility index (Phi) is 12.7. The van der Waals surface area contributed by atoms with Crippen LogP contribution in [0.2, 0.25) is 0 Å². The van der Waals surface area contributed by atoms with Crippen LogP contribution in [-0.4, -0.2) is 44.3 Å². The van der Waals surface area contributed by atoms with Crippen molar-refractivity contribution in [2.24, 2.45) is 5.41 Å². The molecule has 4 aromatic carbocycles. The predicted molar refractivity (Wildman–Crippen MR) is 258 cm³/mol. The van der Waals surface area contributed by atoms with Gasteiger partial charge in [-0.05, 0) is 124 Å². The second kappa shape index (κ2) is 17.2. The first kappa shape index (κ1) is 46.0. The fourth-order valence-electron chi connectivity index (χ4n) is 11.3. The number of benzene rings is 4. The van der Waals surface area contributed by atoms with Crippen molar-refractivity contribution in [3.8, 4) is 0 Å². The standard InChI is InChI=1S/C53H67NO6S2/c1-10-11-12-18-43-44-26-20-38-33-35(2)19-25-41(38)49(44)52(6,7)45(43)28-21-36-16-15-17-37(48(36)51(3,4)5)23-30-47-53(8,9)50-42-27-24-40(62(58,59)60)34-39(42)22-29-46(50)54(47)31-13-14-32-61(55,56)57/h19-30,33-34,43,47H,10-18,31-32H2,1-9H3,(H,55,56,57)(H,58,59,60)/b30-23+,36-21+,45-28-. The van der Waals surface area contributed by atoms with E-state index in [4.69, 9.17) is 0 Å². The molecule has 7 rings (SSSR count). The molecule has 3 aliphatic rings. The van der Waals surface area contributed by atoms with E-state index < -0.39 is 25.7 Å². The van der Waals surface area contributed by atoms with E-state index in [-0.39, 0.29) is 27.5 Å². The zero-order chi connectivity index (χ0) is 45.0. The molecule has 0 saturated heterocycles. The molecule has 9 heteroatoms. The van der Waals surface area contributed by atoms with E-state index in [2.05, 4.69) is 122 Å². The highest BCUT2D eigenvalue weighted by Gasteiger charge is 2.45. The monoisotopic (exact) mass is 877 g/mol.